The van der Waals surface area contributed by atoms with Gasteiger partial charge in [0.1, 0.15) is 11.6 Å². The van der Waals surface area contributed by atoms with Gasteiger partial charge in [0.25, 0.3) is 0 Å². The molecule has 29 heavy (non-hydrogen) atoms. The molecule has 1 fully saturated rings. The van der Waals surface area contributed by atoms with Gasteiger partial charge >= 0.3 is 0 Å². The number of benzene rings is 1. The molecule has 0 unspecified atom stereocenters. The van der Waals surface area contributed by atoms with Gasteiger partial charge in [-0.1, -0.05) is 38.2 Å². The van der Waals surface area contributed by atoms with Crippen LogP contribution in [0.5, 0.6) is 0 Å². The van der Waals surface area contributed by atoms with E-state index in [0.717, 1.165) is 46.3 Å². The van der Waals surface area contributed by atoms with Crippen molar-refractivity contribution < 1.29 is 5.11 Å². The number of aromatic nitrogens is 3. The maximum Gasteiger partial charge on any atom is 0.128 e. The van der Waals surface area contributed by atoms with Crippen molar-refractivity contribution in [3.63, 3.8) is 0 Å². The highest BCUT2D eigenvalue weighted by molar-refractivity contribution is 5.79. The SMILES string of the molecule is CN(CCO)c1ccc(CNc2ccc3nc(CC4CCCCC4)[nH]c3c2)cn1. The summed E-state index contributed by atoms with van der Waals surface area (Å²) >= 11 is 0. The lowest BCUT2D eigenvalue weighted by Crippen LogP contribution is -2.22. The lowest BCUT2D eigenvalue weighted by Gasteiger charge is -2.20. The lowest BCUT2D eigenvalue weighted by molar-refractivity contribution is 0.304. The van der Waals surface area contributed by atoms with Gasteiger partial charge in [-0.05, 0) is 35.7 Å². The van der Waals surface area contributed by atoms with Gasteiger partial charge < -0.3 is 20.3 Å². The van der Waals surface area contributed by atoms with E-state index in [1.165, 1.54) is 32.1 Å². The first-order chi connectivity index (χ1) is 14.2. The number of nitrogens with one attached hydrogen (secondary N) is 2. The Morgan fingerprint density at radius 1 is 1.17 bits per heavy atom. The molecule has 4 rings (SSSR count). The van der Waals surface area contributed by atoms with Crippen LogP contribution in [0.4, 0.5) is 11.5 Å². The molecule has 0 saturated heterocycles. The summed E-state index contributed by atoms with van der Waals surface area (Å²) in [5, 5.41) is 12.5. The first-order valence-electron chi connectivity index (χ1n) is 10.7. The molecule has 0 radical (unpaired) electrons. The Morgan fingerprint density at radius 2 is 2.03 bits per heavy atom. The molecule has 1 aliphatic rings. The molecule has 2 heterocycles. The Kier molecular flexibility index (Phi) is 6.30. The molecular formula is C23H31N5O. The number of aliphatic hydroxyl groups is 1. The summed E-state index contributed by atoms with van der Waals surface area (Å²) in [6.45, 7) is 1.42. The largest absolute Gasteiger partial charge is 0.395 e. The summed E-state index contributed by atoms with van der Waals surface area (Å²) in [5.41, 5.74) is 4.33. The average Bonchev–Trinajstić information content (AvgIpc) is 3.15. The van der Waals surface area contributed by atoms with Crippen LogP contribution in [-0.2, 0) is 13.0 Å². The van der Waals surface area contributed by atoms with Crippen molar-refractivity contribution in [3.8, 4) is 0 Å². The number of nitrogens with zero attached hydrogens (tertiary/aromatic N) is 3. The van der Waals surface area contributed by atoms with E-state index >= 15 is 0 Å². The number of hydrogen-bond donors (Lipinski definition) is 3. The molecule has 154 valence electrons. The molecular weight excluding hydrogens is 362 g/mol. The second-order valence-electron chi connectivity index (χ2n) is 8.15. The van der Waals surface area contributed by atoms with E-state index in [1.54, 1.807) is 0 Å². The second-order valence-corrected chi connectivity index (χ2v) is 8.15. The van der Waals surface area contributed by atoms with Crippen LogP contribution in [0.1, 0.15) is 43.5 Å². The fourth-order valence-electron chi connectivity index (χ4n) is 4.15. The van der Waals surface area contributed by atoms with Crippen molar-refractivity contribution in [1.82, 2.24) is 15.0 Å². The van der Waals surface area contributed by atoms with Crippen molar-refractivity contribution >= 4 is 22.5 Å². The Labute approximate surface area is 172 Å². The highest BCUT2D eigenvalue weighted by Gasteiger charge is 2.16. The fraction of sp³-hybridized carbons (Fsp3) is 0.478. The summed E-state index contributed by atoms with van der Waals surface area (Å²) in [7, 11) is 1.93. The number of pyridine rings is 1. The molecule has 2 aromatic heterocycles. The molecule has 1 aliphatic carbocycles. The van der Waals surface area contributed by atoms with E-state index in [-0.39, 0.29) is 6.61 Å². The summed E-state index contributed by atoms with van der Waals surface area (Å²) in [4.78, 5) is 14.7. The van der Waals surface area contributed by atoms with Gasteiger partial charge in [0.2, 0.25) is 0 Å². The Balaban J connectivity index is 1.36. The molecule has 6 heteroatoms. The number of rotatable bonds is 8. The molecule has 1 saturated carbocycles. The molecule has 0 atom stereocenters. The normalized spacial score (nSPS) is 15.0. The topological polar surface area (TPSA) is 77.1 Å². The van der Waals surface area contributed by atoms with Gasteiger partial charge in [0.05, 0.1) is 17.6 Å². The summed E-state index contributed by atoms with van der Waals surface area (Å²) < 4.78 is 0. The maximum atomic E-state index is 9.04. The average molecular weight is 394 g/mol. The monoisotopic (exact) mass is 393 g/mol. The number of fused-ring (bicyclic) bond motifs is 1. The number of H-pyrrole nitrogens is 1. The minimum absolute atomic E-state index is 0.125. The number of imidazole rings is 1. The van der Waals surface area contributed by atoms with Gasteiger partial charge in [0, 0.05) is 38.4 Å². The van der Waals surface area contributed by atoms with Crippen LogP contribution in [0.25, 0.3) is 11.0 Å². The third kappa shape index (κ3) is 5.07. The maximum absolute atomic E-state index is 9.04. The van der Waals surface area contributed by atoms with Crippen LogP contribution >= 0.6 is 0 Å². The minimum Gasteiger partial charge on any atom is -0.395 e. The van der Waals surface area contributed by atoms with Crippen LogP contribution < -0.4 is 10.2 Å². The zero-order chi connectivity index (χ0) is 20.1. The van der Waals surface area contributed by atoms with Crippen molar-refractivity contribution in [3.05, 3.63) is 47.9 Å². The zero-order valence-electron chi connectivity index (χ0n) is 17.2. The molecule has 0 spiro atoms. The van der Waals surface area contributed by atoms with Gasteiger partial charge in [-0.25, -0.2) is 9.97 Å². The Hall–Kier alpha value is -2.60. The predicted molar refractivity (Wildman–Crippen MR) is 118 cm³/mol. The van der Waals surface area contributed by atoms with Gasteiger partial charge in [-0.15, -0.1) is 0 Å². The number of aliphatic hydroxyl groups excluding tert-OH is 1. The van der Waals surface area contributed by atoms with Crippen LogP contribution in [0.15, 0.2) is 36.5 Å². The smallest absolute Gasteiger partial charge is 0.128 e. The van der Waals surface area contributed by atoms with E-state index < -0.39 is 0 Å². The lowest BCUT2D eigenvalue weighted by atomic mass is 9.87. The zero-order valence-corrected chi connectivity index (χ0v) is 17.2. The van der Waals surface area contributed by atoms with Crippen molar-refractivity contribution in [2.45, 2.75) is 45.1 Å². The van der Waals surface area contributed by atoms with E-state index in [4.69, 9.17) is 10.1 Å². The minimum atomic E-state index is 0.125. The number of likely N-dealkylation sites (N-methyl/N-ethyl adjacent to an activating group) is 1. The molecule has 0 bridgehead atoms. The van der Waals surface area contributed by atoms with Crippen LogP contribution in [0, 0.1) is 5.92 Å². The van der Waals surface area contributed by atoms with Gasteiger partial charge in [-0.3, -0.25) is 0 Å². The van der Waals surface area contributed by atoms with Crippen LogP contribution in [-0.4, -0.2) is 40.3 Å². The van der Waals surface area contributed by atoms with Gasteiger partial charge in [-0.2, -0.15) is 0 Å². The molecule has 1 aromatic carbocycles. The summed E-state index contributed by atoms with van der Waals surface area (Å²) in [6.07, 6.45) is 9.76. The quantitative estimate of drug-likeness (QED) is 0.537. The molecule has 3 N–H and O–H groups in total. The Bertz CT molecular complexity index is 915. The first-order valence-corrected chi connectivity index (χ1v) is 10.7. The molecule has 3 aromatic rings. The van der Waals surface area contributed by atoms with Gasteiger partial charge in [0.15, 0.2) is 0 Å². The Morgan fingerprint density at radius 3 is 2.79 bits per heavy atom. The first kappa shape index (κ1) is 19.7. The number of aromatic amines is 1. The molecule has 0 aliphatic heterocycles. The van der Waals surface area contributed by atoms with Crippen molar-refractivity contribution in [2.75, 3.05) is 30.4 Å². The highest BCUT2D eigenvalue weighted by Crippen LogP contribution is 2.27. The van der Waals surface area contributed by atoms with E-state index in [2.05, 4.69) is 39.6 Å². The standard InChI is InChI=1S/C23H31N5O/c1-28(11-12-29)23-10-7-18(16-25-23)15-24-19-8-9-20-21(14-19)27-22(26-20)13-17-5-3-2-4-6-17/h7-10,14,16-17,24,29H,2-6,11-13,15H2,1H3,(H,26,27). The van der Waals surface area contributed by atoms with Crippen LogP contribution in [0.3, 0.4) is 0 Å². The summed E-state index contributed by atoms with van der Waals surface area (Å²) in [6, 6.07) is 10.4. The van der Waals surface area contributed by atoms with Crippen molar-refractivity contribution in [2.24, 2.45) is 5.92 Å². The third-order valence-corrected chi connectivity index (χ3v) is 5.87. The van der Waals surface area contributed by atoms with E-state index in [9.17, 15) is 0 Å². The molecule has 6 nitrogen and oxygen atoms in total. The highest BCUT2D eigenvalue weighted by atomic mass is 16.3. The summed E-state index contributed by atoms with van der Waals surface area (Å²) in [5.74, 6) is 2.77. The number of anilines is 2. The number of hydrogen-bond acceptors (Lipinski definition) is 5. The predicted octanol–water partition coefficient (Wildman–Crippen LogP) is 4.12. The third-order valence-electron chi connectivity index (χ3n) is 5.87. The second kappa shape index (κ2) is 9.27. The van der Waals surface area contributed by atoms with Crippen molar-refractivity contribution in [1.29, 1.82) is 0 Å². The van der Waals surface area contributed by atoms with E-state index in [1.807, 2.05) is 24.2 Å². The van der Waals surface area contributed by atoms with E-state index in [0.29, 0.717) is 13.1 Å². The van der Waals surface area contributed by atoms with Crippen LogP contribution in [0.2, 0.25) is 0 Å². The fourth-order valence-corrected chi connectivity index (χ4v) is 4.15. The molecule has 0 amide bonds.